The monoisotopic (exact) mass is 286 g/mol. The third-order valence-electron chi connectivity index (χ3n) is 2.74. The zero-order valence-corrected chi connectivity index (χ0v) is 12.5. The fourth-order valence-electron chi connectivity index (χ4n) is 2.02. The molecule has 1 rings (SSSR count). The SMILES string of the molecule is CCCCC1(OC(C)=O)OC(=O)C(OCC)=C1OCC. The second kappa shape index (κ2) is 7.17. The van der Waals surface area contributed by atoms with Crippen molar-refractivity contribution in [3.05, 3.63) is 11.5 Å². The van der Waals surface area contributed by atoms with Crippen LogP contribution in [0.5, 0.6) is 0 Å². The molecule has 0 saturated carbocycles. The van der Waals surface area contributed by atoms with E-state index in [0.717, 1.165) is 12.8 Å². The van der Waals surface area contributed by atoms with E-state index in [1.54, 1.807) is 13.8 Å². The molecule has 1 aliphatic rings. The van der Waals surface area contributed by atoms with Gasteiger partial charge in [0.25, 0.3) is 5.76 Å². The van der Waals surface area contributed by atoms with Gasteiger partial charge in [0.2, 0.25) is 5.76 Å². The predicted molar refractivity (Wildman–Crippen MR) is 70.4 cm³/mol. The van der Waals surface area contributed by atoms with E-state index in [4.69, 9.17) is 18.9 Å². The molecular weight excluding hydrogens is 264 g/mol. The molecule has 1 unspecified atom stereocenters. The maximum Gasteiger partial charge on any atom is 0.381 e. The lowest BCUT2D eigenvalue weighted by atomic mass is 10.1. The average molecular weight is 286 g/mol. The standard InChI is InChI=1S/C14H22O6/c1-5-8-9-14(19-10(4)15)12(18-7-3)11(17-6-2)13(16)20-14/h5-9H2,1-4H3. The topological polar surface area (TPSA) is 71.1 Å². The minimum Gasteiger partial charge on any atom is -0.487 e. The molecule has 1 heterocycles. The summed E-state index contributed by atoms with van der Waals surface area (Å²) < 4.78 is 21.3. The van der Waals surface area contributed by atoms with E-state index in [1.165, 1.54) is 6.92 Å². The molecule has 0 aromatic carbocycles. The Morgan fingerprint density at radius 3 is 2.35 bits per heavy atom. The molecule has 114 valence electrons. The molecule has 20 heavy (non-hydrogen) atoms. The number of cyclic esters (lactones) is 1. The highest BCUT2D eigenvalue weighted by atomic mass is 16.8. The lowest BCUT2D eigenvalue weighted by Gasteiger charge is -2.28. The summed E-state index contributed by atoms with van der Waals surface area (Å²) in [5.41, 5.74) is 0. The second-order valence-corrected chi connectivity index (χ2v) is 4.36. The highest BCUT2D eigenvalue weighted by Gasteiger charge is 2.53. The van der Waals surface area contributed by atoms with Crippen LogP contribution in [-0.2, 0) is 28.5 Å². The van der Waals surface area contributed by atoms with Crippen LogP contribution in [0.2, 0.25) is 0 Å². The molecule has 1 atom stereocenters. The molecule has 0 spiro atoms. The maximum atomic E-state index is 11.9. The van der Waals surface area contributed by atoms with E-state index in [2.05, 4.69) is 0 Å². The van der Waals surface area contributed by atoms with Gasteiger partial charge in [0.15, 0.2) is 0 Å². The number of carbonyl (C=O) groups is 2. The minimum absolute atomic E-state index is 0.00768. The largest absolute Gasteiger partial charge is 0.487 e. The summed E-state index contributed by atoms with van der Waals surface area (Å²) in [5.74, 6) is -2.53. The third kappa shape index (κ3) is 3.43. The van der Waals surface area contributed by atoms with E-state index in [9.17, 15) is 9.59 Å². The number of esters is 2. The summed E-state index contributed by atoms with van der Waals surface area (Å²) in [6, 6.07) is 0. The fourth-order valence-corrected chi connectivity index (χ4v) is 2.02. The van der Waals surface area contributed by atoms with E-state index < -0.39 is 17.7 Å². The zero-order chi connectivity index (χ0) is 15.2. The lowest BCUT2D eigenvalue weighted by molar-refractivity contribution is -0.217. The number of hydrogen-bond acceptors (Lipinski definition) is 6. The van der Waals surface area contributed by atoms with E-state index >= 15 is 0 Å². The summed E-state index contributed by atoms with van der Waals surface area (Å²) in [7, 11) is 0. The maximum absolute atomic E-state index is 11.9. The van der Waals surface area contributed by atoms with Crippen LogP contribution < -0.4 is 0 Å². The Balaban J connectivity index is 3.18. The summed E-state index contributed by atoms with van der Waals surface area (Å²) >= 11 is 0. The number of hydrogen-bond donors (Lipinski definition) is 0. The van der Waals surface area contributed by atoms with Crippen molar-refractivity contribution in [2.45, 2.75) is 52.7 Å². The van der Waals surface area contributed by atoms with Gasteiger partial charge in [-0.05, 0) is 20.3 Å². The van der Waals surface area contributed by atoms with E-state index in [-0.39, 0.29) is 11.5 Å². The van der Waals surface area contributed by atoms with Gasteiger partial charge in [-0.15, -0.1) is 0 Å². The van der Waals surface area contributed by atoms with Crippen molar-refractivity contribution >= 4 is 11.9 Å². The number of carbonyl (C=O) groups excluding carboxylic acids is 2. The molecule has 0 saturated heterocycles. The normalized spacial score (nSPS) is 21.7. The van der Waals surface area contributed by atoms with Gasteiger partial charge in [0.1, 0.15) is 0 Å². The predicted octanol–water partition coefficient (Wildman–Crippen LogP) is 2.28. The summed E-state index contributed by atoms with van der Waals surface area (Å²) in [6.45, 7) is 7.40. The van der Waals surface area contributed by atoms with Crippen LogP contribution in [0.3, 0.4) is 0 Å². The highest BCUT2D eigenvalue weighted by Crippen LogP contribution is 2.39. The van der Waals surface area contributed by atoms with Crippen LogP contribution in [0.15, 0.2) is 11.5 Å². The molecule has 1 aliphatic heterocycles. The first-order valence-corrected chi connectivity index (χ1v) is 6.94. The third-order valence-corrected chi connectivity index (χ3v) is 2.74. The second-order valence-electron chi connectivity index (χ2n) is 4.36. The zero-order valence-electron chi connectivity index (χ0n) is 12.5. The Morgan fingerprint density at radius 2 is 1.85 bits per heavy atom. The molecule has 0 aromatic heterocycles. The fraction of sp³-hybridized carbons (Fsp3) is 0.714. The van der Waals surface area contributed by atoms with Gasteiger partial charge in [-0.25, -0.2) is 4.79 Å². The molecule has 6 heteroatoms. The Labute approximate surface area is 119 Å². The van der Waals surface area contributed by atoms with Crippen molar-refractivity contribution in [1.82, 2.24) is 0 Å². The lowest BCUT2D eigenvalue weighted by Crippen LogP contribution is -2.38. The van der Waals surface area contributed by atoms with Gasteiger partial charge < -0.3 is 18.9 Å². The first-order chi connectivity index (χ1) is 9.50. The van der Waals surface area contributed by atoms with Crippen LogP contribution in [-0.4, -0.2) is 30.9 Å². The molecule has 0 bridgehead atoms. The van der Waals surface area contributed by atoms with E-state index in [1.807, 2.05) is 6.92 Å². The van der Waals surface area contributed by atoms with Crippen LogP contribution >= 0.6 is 0 Å². The summed E-state index contributed by atoms with van der Waals surface area (Å²) in [4.78, 5) is 23.3. The molecule has 0 aliphatic carbocycles. The number of ether oxygens (including phenoxy) is 4. The van der Waals surface area contributed by atoms with Crippen LogP contribution in [0.4, 0.5) is 0 Å². The van der Waals surface area contributed by atoms with Gasteiger partial charge in [-0.1, -0.05) is 13.3 Å². The van der Waals surface area contributed by atoms with Gasteiger partial charge in [0.05, 0.1) is 13.2 Å². The Morgan fingerprint density at radius 1 is 1.20 bits per heavy atom. The Bertz CT molecular complexity index is 400. The van der Waals surface area contributed by atoms with Crippen LogP contribution in [0.25, 0.3) is 0 Å². The van der Waals surface area contributed by atoms with Crippen LogP contribution in [0.1, 0.15) is 47.0 Å². The highest BCUT2D eigenvalue weighted by molar-refractivity contribution is 5.90. The van der Waals surface area contributed by atoms with Crippen molar-refractivity contribution in [3.63, 3.8) is 0 Å². The van der Waals surface area contributed by atoms with Crippen LogP contribution in [0, 0.1) is 0 Å². The smallest absolute Gasteiger partial charge is 0.381 e. The van der Waals surface area contributed by atoms with Crippen molar-refractivity contribution in [2.24, 2.45) is 0 Å². The van der Waals surface area contributed by atoms with Crippen molar-refractivity contribution in [2.75, 3.05) is 13.2 Å². The molecule has 0 radical (unpaired) electrons. The first kappa shape index (κ1) is 16.3. The molecular formula is C14H22O6. The van der Waals surface area contributed by atoms with Crippen molar-refractivity contribution < 1.29 is 28.5 Å². The quantitative estimate of drug-likeness (QED) is 0.637. The summed E-state index contributed by atoms with van der Waals surface area (Å²) in [5, 5.41) is 0. The number of rotatable bonds is 8. The van der Waals surface area contributed by atoms with E-state index in [0.29, 0.717) is 19.6 Å². The summed E-state index contributed by atoms with van der Waals surface area (Å²) in [6.07, 6.45) is 1.93. The molecule has 0 aromatic rings. The average Bonchev–Trinajstić information content (AvgIpc) is 2.62. The minimum atomic E-state index is -1.49. The molecule has 0 fully saturated rings. The van der Waals surface area contributed by atoms with Gasteiger partial charge in [-0.3, -0.25) is 4.79 Å². The van der Waals surface area contributed by atoms with Gasteiger partial charge >= 0.3 is 17.7 Å². The van der Waals surface area contributed by atoms with Crippen molar-refractivity contribution in [3.8, 4) is 0 Å². The number of unbranched alkanes of at least 4 members (excludes halogenated alkanes) is 1. The first-order valence-electron chi connectivity index (χ1n) is 6.94. The van der Waals surface area contributed by atoms with Gasteiger partial charge in [-0.2, -0.15) is 0 Å². The molecule has 6 nitrogen and oxygen atoms in total. The Kier molecular flexibility index (Phi) is 5.85. The van der Waals surface area contributed by atoms with Gasteiger partial charge in [0, 0.05) is 13.3 Å². The molecule has 0 amide bonds. The Hall–Kier alpha value is -1.72. The molecule has 0 N–H and O–H groups in total. The van der Waals surface area contributed by atoms with Crippen molar-refractivity contribution in [1.29, 1.82) is 0 Å².